The van der Waals surface area contributed by atoms with Crippen LogP contribution in [0.4, 0.5) is 0 Å². The Hall–Kier alpha value is -1.61. The molecule has 0 bridgehead atoms. The van der Waals surface area contributed by atoms with Crippen molar-refractivity contribution >= 4 is 52.2 Å². The molecule has 7 heteroatoms. The standard InChI is InChI=1S/C17H20N4OS.HI/c1-11-16(23-12(2)21-11)10-20-17(18-3)19-9-14-8-13-6-4-5-7-15(13)22-14;/h4-8H,9-10H2,1-3H3,(H2,18,19,20);1H. The van der Waals surface area contributed by atoms with Gasteiger partial charge in [0.25, 0.3) is 0 Å². The number of hydrogen-bond acceptors (Lipinski definition) is 4. The molecule has 1 aromatic carbocycles. The molecular weight excluding hydrogens is 435 g/mol. The predicted molar refractivity (Wildman–Crippen MR) is 110 cm³/mol. The minimum atomic E-state index is 0. The van der Waals surface area contributed by atoms with Gasteiger partial charge in [-0.1, -0.05) is 18.2 Å². The van der Waals surface area contributed by atoms with Crippen LogP contribution in [0, 0.1) is 13.8 Å². The van der Waals surface area contributed by atoms with Gasteiger partial charge in [0, 0.05) is 17.3 Å². The highest BCUT2D eigenvalue weighted by molar-refractivity contribution is 14.0. The quantitative estimate of drug-likeness (QED) is 0.354. The average Bonchev–Trinajstić information content (AvgIpc) is 3.09. The number of rotatable bonds is 4. The van der Waals surface area contributed by atoms with Crippen molar-refractivity contribution in [1.82, 2.24) is 15.6 Å². The largest absolute Gasteiger partial charge is 0.459 e. The summed E-state index contributed by atoms with van der Waals surface area (Å²) in [6, 6.07) is 10.1. The van der Waals surface area contributed by atoms with Gasteiger partial charge in [0.1, 0.15) is 11.3 Å². The number of benzene rings is 1. The molecular formula is C17H21IN4OS. The molecule has 24 heavy (non-hydrogen) atoms. The second kappa shape index (κ2) is 8.48. The number of fused-ring (bicyclic) bond motifs is 1. The lowest BCUT2D eigenvalue weighted by Crippen LogP contribution is -2.36. The lowest BCUT2D eigenvalue weighted by atomic mass is 10.2. The number of aliphatic imine (C=N–C) groups is 1. The Labute approximate surface area is 162 Å². The van der Waals surface area contributed by atoms with Crippen molar-refractivity contribution in [1.29, 1.82) is 0 Å². The van der Waals surface area contributed by atoms with Crippen LogP contribution in [-0.2, 0) is 13.1 Å². The summed E-state index contributed by atoms with van der Waals surface area (Å²) in [6.07, 6.45) is 0. The van der Waals surface area contributed by atoms with Gasteiger partial charge < -0.3 is 15.1 Å². The third-order valence-electron chi connectivity index (χ3n) is 3.55. The number of nitrogens with one attached hydrogen (secondary N) is 2. The van der Waals surface area contributed by atoms with Gasteiger partial charge in [-0.3, -0.25) is 4.99 Å². The smallest absolute Gasteiger partial charge is 0.191 e. The summed E-state index contributed by atoms with van der Waals surface area (Å²) in [5.41, 5.74) is 1.98. The lowest BCUT2D eigenvalue weighted by Gasteiger charge is -2.10. The summed E-state index contributed by atoms with van der Waals surface area (Å²) in [5.74, 6) is 1.63. The molecule has 0 aliphatic heterocycles. The molecule has 0 spiro atoms. The summed E-state index contributed by atoms with van der Waals surface area (Å²) in [6.45, 7) is 5.37. The van der Waals surface area contributed by atoms with E-state index < -0.39 is 0 Å². The van der Waals surface area contributed by atoms with Gasteiger partial charge in [0.15, 0.2) is 5.96 Å². The first-order valence-electron chi connectivity index (χ1n) is 7.50. The van der Waals surface area contributed by atoms with Crippen molar-refractivity contribution in [3.05, 3.63) is 51.7 Å². The summed E-state index contributed by atoms with van der Waals surface area (Å²) < 4.78 is 5.79. The van der Waals surface area contributed by atoms with E-state index in [2.05, 4.69) is 20.6 Å². The number of halogens is 1. The van der Waals surface area contributed by atoms with Crippen LogP contribution in [-0.4, -0.2) is 18.0 Å². The number of guanidine groups is 1. The van der Waals surface area contributed by atoms with Gasteiger partial charge >= 0.3 is 0 Å². The van der Waals surface area contributed by atoms with Gasteiger partial charge in [-0.15, -0.1) is 35.3 Å². The van der Waals surface area contributed by atoms with Crippen LogP contribution in [0.25, 0.3) is 11.0 Å². The molecule has 2 N–H and O–H groups in total. The van der Waals surface area contributed by atoms with E-state index in [0.717, 1.165) is 39.9 Å². The van der Waals surface area contributed by atoms with Crippen LogP contribution < -0.4 is 10.6 Å². The minimum Gasteiger partial charge on any atom is -0.459 e. The first-order chi connectivity index (χ1) is 11.2. The second-order valence-corrected chi connectivity index (χ2v) is 6.56. The summed E-state index contributed by atoms with van der Waals surface area (Å²) >= 11 is 1.71. The fraction of sp³-hybridized carbons (Fsp3) is 0.294. The molecule has 0 amide bonds. The highest BCUT2D eigenvalue weighted by Gasteiger charge is 2.07. The van der Waals surface area contributed by atoms with E-state index in [1.54, 1.807) is 18.4 Å². The summed E-state index contributed by atoms with van der Waals surface area (Å²) in [5, 5.41) is 8.79. The van der Waals surface area contributed by atoms with Gasteiger partial charge in [-0.05, 0) is 26.0 Å². The maximum Gasteiger partial charge on any atom is 0.191 e. The number of para-hydroxylation sites is 1. The minimum absolute atomic E-state index is 0. The molecule has 0 fully saturated rings. The van der Waals surface area contributed by atoms with Gasteiger partial charge in [-0.2, -0.15) is 0 Å². The SMILES string of the molecule is CN=C(NCc1cc2ccccc2o1)NCc1sc(C)nc1C.I. The van der Waals surface area contributed by atoms with Crippen molar-refractivity contribution in [3.8, 4) is 0 Å². The van der Waals surface area contributed by atoms with Crippen LogP contribution >= 0.6 is 35.3 Å². The molecule has 0 unspecified atom stereocenters. The third kappa shape index (κ3) is 4.47. The molecule has 0 aliphatic rings. The Bertz CT molecular complexity index is 807. The zero-order valence-corrected chi connectivity index (χ0v) is 17.1. The number of nitrogens with zero attached hydrogens (tertiary/aromatic N) is 2. The Morgan fingerprint density at radius 2 is 1.96 bits per heavy atom. The number of thiazole rings is 1. The van der Waals surface area contributed by atoms with Crippen molar-refractivity contribution in [2.45, 2.75) is 26.9 Å². The molecule has 128 valence electrons. The number of aryl methyl sites for hydroxylation is 2. The zero-order valence-electron chi connectivity index (χ0n) is 13.9. The topological polar surface area (TPSA) is 62.5 Å². The molecule has 3 aromatic rings. The third-order valence-corrected chi connectivity index (χ3v) is 4.62. The molecule has 2 aromatic heterocycles. The summed E-state index contributed by atoms with van der Waals surface area (Å²) in [7, 11) is 1.76. The predicted octanol–water partition coefficient (Wildman–Crippen LogP) is 3.99. The molecule has 3 rings (SSSR count). The highest BCUT2D eigenvalue weighted by atomic mass is 127. The van der Waals surface area contributed by atoms with Gasteiger partial charge in [0.05, 0.1) is 23.8 Å². The molecule has 0 radical (unpaired) electrons. The van der Waals surface area contributed by atoms with E-state index in [4.69, 9.17) is 4.42 Å². The monoisotopic (exact) mass is 456 g/mol. The first kappa shape index (κ1) is 18.7. The van der Waals surface area contributed by atoms with Gasteiger partial charge in [-0.25, -0.2) is 4.98 Å². The molecule has 2 heterocycles. The van der Waals surface area contributed by atoms with E-state index in [-0.39, 0.29) is 24.0 Å². The van der Waals surface area contributed by atoms with Crippen LogP contribution in [0.1, 0.15) is 21.3 Å². The van der Waals surface area contributed by atoms with E-state index >= 15 is 0 Å². The van der Waals surface area contributed by atoms with Crippen LogP contribution in [0.15, 0.2) is 39.7 Å². The van der Waals surface area contributed by atoms with Crippen LogP contribution in [0.3, 0.4) is 0 Å². The van der Waals surface area contributed by atoms with Crippen molar-refractivity contribution in [3.63, 3.8) is 0 Å². The van der Waals surface area contributed by atoms with Crippen molar-refractivity contribution < 1.29 is 4.42 Å². The average molecular weight is 456 g/mol. The Kier molecular flexibility index (Phi) is 6.61. The molecule has 0 saturated heterocycles. The van der Waals surface area contributed by atoms with E-state index in [1.807, 2.05) is 44.2 Å². The normalized spacial score (nSPS) is 11.4. The number of furan rings is 1. The molecule has 0 saturated carbocycles. The molecule has 5 nitrogen and oxygen atoms in total. The maximum atomic E-state index is 5.79. The van der Waals surface area contributed by atoms with E-state index in [0.29, 0.717) is 6.54 Å². The fourth-order valence-corrected chi connectivity index (χ4v) is 3.29. The second-order valence-electron chi connectivity index (χ2n) is 5.27. The zero-order chi connectivity index (χ0) is 16.2. The fourth-order valence-electron chi connectivity index (χ4n) is 2.42. The summed E-state index contributed by atoms with van der Waals surface area (Å²) in [4.78, 5) is 9.91. The maximum absolute atomic E-state index is 5.79. The molecule has 0 atom stereocenters. The highest BCUT2D eigenvalue weighted by Crippen LogP contribution is 2.18. The van der Waals surface area contributed by atoms with Crippen molar-refractivity contribution in [2.75, 3.05) is 7.05 Å². The van der Waals surface area contributed by atoms with Crippen LogP contribution in [0.5, 0.6) is 0 Å². The van der Waals surface area contributed by atoms with Crippen LogP contribution in [0.2, 0.25) is 0 Å². The Balaban J connectivity index is 0.00000208. The Morgan fingerprint density at radius 3 is 2.62 bits per heavy atom. The Morgan fingerprint density at radius 1 is 1.21 bits per heavy atom. The lowest BCUT2D eigenvalue weighted by molar-refractivity contribution is 0.538. The molecule has 0 aliphatic carbocycles. The van der Waals surface area contributed by atoms with E-state index in [9.17, 15) is 0 Å². The van der Waals surface area contributed by atoms with E-state index in [1.165, 1.54) is 4.88 Å². The number of hydrogen-bond donors (Lipinski definition) is 2. The van der Waals surface area contributed by atoms with Crippen molar-refractivity contribution in [2.24, 2.45) is 4.99 Å². The number of aromatic nitrogens is 1. The van der Waals surface area contributed by atoms with Gasteiger partial charge in [0.2, 0.25) is 0 Å². The first-order valence-corrected chi connectivity index (χ1v) is 8.32.